The van der Waals surface area contributed by atoms with Gasteiger partial charge >= 0.3 is 0 Å². The largest absolute Gasteiger partial charge is 0.312 e. The van der Waals surface area contributed by atoms with Gasteiger partial charge in [0.15, 0.2) is 0 Å². The predicted octanol–water partition coefficient (Wildman–Crippen LogP) is 1.53. The van der Waals surface area contributed by atoms with E-state index in [4.69, 9.17) is 0 Å². The second kappa shape index (κ2) is 4.90. The monoisotopic (exact) mass is 242 g/mol. The average Bonchev–Trinajstić information content (AvgIpc) is 2.86. The van der Waals surface area contributed by atoms with Crippen molar-refractivity contribution in [2.75, 3.05) is 6.54 Å². The SMILES string of the molecule is CCn1ncnc1Cc1cccc2c1CNCC2. The van der Waals surface area contributed by atoms with Crippen LogP contribution in [0.3, 0.4) is 0 Å². The first-order valence-electron chi connectivity index (χ1n) is 6.55. The molecule has 0 saturated heterocycles. The van der Waals surface area contributed by atoms with Gasteiger partial charge in [0.1, 0.15) is 12.2 Å². The van der Waals surface area contributed by atoms with E-state index in [1.807, 2.05) is 4.68 Å². The third kappa shape index (κ3) is 2.04. The molecule has 0 fully saturated rings. The zero-order valence-electron chi connectivity index (χ0n) is 10.7. The van der Waals surface area contributed by atoms with Crippen LogP contribution in [0.2, 0.25) is 0 Å². The molecule has 1 aliphatic heterocycles. The normalized spacial score (nSPS) is 14.5. The molecule has 0 spiro atoms. The molecule has 0 unspecified atom stereocenters. The summed E-state index contributed by atoms with van der Waals surface area (Å²) in [4.78, 5) is 4.36. The fourth-order valence-corrected chi connectivity index (χ4v) is 2.61. The number of nitrogens with zero attached hydrogens (tertiary/aromatic N) is 3. The van der Waals surface area contributed by atoms with Crippen molar-refractivity contribution in [2.45, 2.75) is 32.9 Å². The van der Waals surface area contributed by atoms with E-state index in [9.17, 15) is 0 Å². The second-order valence-corrected chi connectivity index (χ2v) is 4.65. The molecular formula is C14H18N4. The highest BCUT2D eigenvalue weighted by atomic mass is 15.3. The Bertz CT molecular complexity index is 544. The Hall–Kier alpha value is -1.68. The molecule has 0 radical (unpaired) electrons. The summed E-state index contributed by atoms with van der Waals surface area (Å²) in [6.45, 7) is 5.04. The average molecular weight is 242 g/mol. The zero-order valence-corrected chi connectivity index (χ0v) is 10.7. The fraction of sp³-hybridized carbons (Fsp3) is 0.429. The molecule has 18 heavy (non-hydrogen) atoms. The van der Waals surface area contributed by atoms with Gasteiger partial charge in [-0.05, 0) is 36.6 Å². The van der Waals surface area contributed by atoms with Crippen LogP contribution in [0.15, 0.2) is 24.5 Å². The Labute approximate surface area is 107 Å². The third-order valence-electron chi connectivity index (χ3n) is 3.59. The first-order chi connectivity index (χ1) is 8.88. The number of nitrogens with one attached hydrogen (secondary N) is 1. The summed E-state index contributed by atoms with van der Waals surface area (Å²) in [7, 11) is 0. The molecule has 1 N–H and O–H groups in total. The van der Waals surface area contributed by atoms with Gasteiger partial charge in [0.2, 0.25) is 0 Å². The van der Waals surface area contributed by atoms with Crippen LogP contribution in [0.1, 0.15) is 29.4 Å². The molecule has 0 aliphatic carbocycles. The predicted molar refractivity (Wildman–Crippen MR) is 70.4 cm³/mol. The van der Waals surface area contributed by atoms with Gasteiger partial charge < -0.3 is 5.32 Å². The molecule has 0 atom stereocenters. The lowest BCUT2D eigenvalue weighted by atomic mass is 9.94. The lowest BCUT2D eigenvalue weighted by molar-refractivity contribution is 0.615. The van der Waals surface area contributed by atoms with Crippen LogP contribution in [0.25, 0.3) is 0 Å². The van der Waals surface area contributed by atoms with Gasteiger partial charge in [-0.15, -0.1) is 0 Å². The molecule has 3 rings (SSSR count). The Morgan fingerprint density at radius 1 is 1.39 bits per heavy atom. The maximum absolute atomic E-state index is 4.36. The van der Waals surface area contributed by atoms with E-state index in [0.717, 1.165) is 38.3 Å². The van der Waals surface area contributed by atoms with Crippen LogP contribution >= 0.6 is 0 Å². The summed E-state index contributed by atoms with van der Waals surface area (Å²) < 4.78 is 1.97. The summed E-state index contributed by atoms with van der Waals surface area (Å²) >= 11 is 0. The number of aryl methyl sites for hydroxylation is 1. The van der Waals surface area contributed by atoms with Crippen molar-refractivity contribution >= 4 is 0 Å². The number of hydrogen-bond donors (Lipinski definition) is 1. The standard InChI is InChI=1S/C14H18N4/c1-2-18-14(16-10-17-18)8-12-5-3-4-11-6-7-15-9-13(11)12/h3-5,10,15H,2,6-9H2,1H3. The van der Waals surface area contributed by atoms with E-state index in [1.54, 1.807) is 6.33 Å². The van der Waals surface area contributed by atoms with E-state index >= 15 is 0 Å². The Morgan fingerprint density at radius 2 is 2.33 bits per heavy atom. The molecule has 1 aliphatic rings. The highest BCUT2D eigenvalue weighted by Crippen LogP contribution is 2.20. The lowest BCUT2D eigenvalue weighted by Gasteiger charge is -2.20. The molecule has 94 valence electrons. The van der Waals surface area contributed by atoms with Crippen molar-refractivity contribution in [1.29, 1.82) is 0 Å². The first kappa shape index (κ1) is 11.4. The van der Waals surface area contributed by atoms with Crippen LogP contribution in [-0.4, -0.2) is 21.3 Å². The zero-order chi connectivity index (χ0) is 12.4. The smallest absolute Gasteiger partial charge is 0.138 e. The number of hydrogen-bond acceptors (Lipinski definition) is 3. The van der Waals surface area contributed by atoms with Crippen LogP contribution < -0.4 is 5.32 Å². The van der Waals surface area contributed by atoms with Crippen molar-refractivity contribution in [3.63, 3.8) is 0 Å². The van der Waals surface area contributed by atoms with E-state index in [0.29, 0.717) is 0 Å². The molecule has 4 heteroatoms. The summed E-state index contributed by atoms with van der Waals surface area (Å²) in [5.41, 5.74) is 4.31. The number of aromatic nitrogens is 3. The number of fused-ring (bicyclic) bond motifs is 1. The van der Waals surface area contributed by atoms with Crippen LogP contribution in [-0.2, 0) is 25.9 Å². The van der Waals surface area contributed by atoms with E-state index in [1.165, 1.54) is 16.7 Å². The maximum atomic E-state index is 4.36. The van der Waals surface area contributed by atoms with Crippen molar-refractivity contribution in [2.24, 2.45) is 0 Å². The summed E-state index contributed by atoms with van der Waals surface area (Å²) in [5.74, 6) is 1.05. The van der Waals surface area contributed by atoms with Crippen molar-refractivity contribution in [3.8, 4) is 0 Å². The maximum Gasteiger partial charge on any atom is 0.138 e. The Morgan fingerprint density at radius 3 is 3.22 bits per heavy atom. The second-order valence-electron chi connectivity index (χ2n) is 4.65. The molecule has 2 aromatic rings. The topological polar surface area (TPSA) is 42.7 Å². The molecule has 1 aromatic carbocycles. The van der Waals surface area contributed by atoms with Gasteiger partial charge in [0.05, 0.1) is 0 Å². The van der Waals surface area contributed by atoms with Crippen molar-refractivity contribution < 1.29 is 0 Å². The Balaban J connectivity index is 1.93. The lowest BCUT2D eigenvalue weighted by Crippen LogP contribution is -2.25. The summed E-state index contributed by atoms with van der Waals surface area (Å²) in [6, 6.07) is 6.61. The van der Waals surface area contributed by atoms with Crippen LogP contribution in [0.4, 0.5) is 0 Å². The van der Waals surface area contributed by atoms with Gasteiger partial charge in [-0.25, -0.2) is 4.98 Å². The minimum Gasteiger partial charge on any atom is -0.312 e. The van der Waals surface area contributed by atoms with Gasteiger partial charge in [0.25, 0.3) is 0 Å². The van der Waals surface area contributed by atoms with Crippen molar-refractivity contribution in [1.82, 2.24) is 20.1 Å². The highest BCUT2D eigenvalue weighted by Gasteiger charge is 2.14. The highest BCUT2D eigenvalue weighted by molar-refractivity contribution is 5.38. The quantitative estimate of drug-likeness (QED) is 0.887. The molecule has 1 aromatic heterocycles. The van der Waals surface area contributed by atoms with E-state index in [-0.39, 0.29) is 0 Å². The Kier molecular flexibility index (Phi) is 3.11. The molecule has 4 nitrogen and oxygen atoms in total. The van der Waals surface area contributed by atoms with Crippen LogP contribution in [0.5, 0.6) is 0 Å². The van der Waals surface area contributed by atoms with Gasteiger partial charge in [-0.1, -0.05) is 18.2 Å². The summed E-state index contributed by atoms with van der Waals surface area (Å²) in [6.07, 6.45) is 3.65. The molecule has 0 bridgehead atoms. The van der Waals surface area contributed by atoms with E-state index in [2.05, 4.69) is 40.5 Å². The minimum atomic E-state index is 0.874. The summed E-state index contributed by atoms with van der Waals surface area (Å²) in [5, 5.41) is 7.68. The molecular weight excluding hydrogens is 224 g/mol. The van der Waals surface area contributed by atoms with E-state index < -0.39 is 0 Å². The first-order valence-corrected chi connectivity index (χ1v) is 6.55. The van der Waals surface area contributed by atoms with Crippen LogP contribution in [0, 0.1) is 0 Å². The number of benzene rings is 1. The van der Waals surface area contributed by atoms with Gasteiger partial charge in [-0.2, -0.15) is 5.10 Å². The molecule has 2 heterocycles. The molecule has 0 amide bonds. The number of rotatable bonds is 3. The minimum absolute atomic E-state index is 0.874. The van der Waals surface area contributed by atoms with Gasteiger partial charge in [0, 0.05) is 19.5 Å². The molecule has 0 saturated carbocycles. The fourth-order valence-electron chi connectivity index (χ4n) is 2.61. The third-order valence-corrected chi connectivity index (χ3v) is 3.59. The van der Waals surface area contributed by atoms with Gasteiger partial charge in [-0.3, -0.25) is 4.68 Å². The van der Waals surface area contributed by atoms with Crippen molar-refractivity contribution in [3.05, 3.63) is 47.0 Å².